The summed E-state index contributed by atoms with van der Waals surface area (Å²) in [5.41, 5.74) is -2.03. The lowest BCUT2D eigenvalue weighted by Gasteiger charge is -2.11. The summed E-state index contributed by atoms with van der Waals surface area (Å²) in [6, 6.07) is 4.86. The Balaban J connectivity index is 2.00. The molecule has 0 bridgehead atoms. The molecule has 1 amide bonds. The molecule has 0 spiro atoms. The number of benzene rings is 1. The van der Waals surface area contributed by atoms with Crippen molar-refractivity contribution in [1.29, 1.82) is 0 Å². The second-order valence-corrected chi connectivity index (χ2v) is 5.08. The quantitative estimate of drug-likeness (QED) is 0.531. The SMILES string of the molecule is O=C(CCNc1ccc(C(F)(F)F)cc1[N+](=O)[O-])Nc1ncccc1O. The van der Waals surface area contributed by atoms with Gasteiger partial charge in [0.05, 0.1) is 10.5 Å². The topological polar surface area (TPSA) is 117 Å². The van der Waals surface area contributed by atoms with Gasteiger partial charge in [-0.2, -0.15) is 13.2 Å². The van der Waals surface area contributed by atoms with E-state index in [4.69, 9.17) is 0 Å². The lowest BCUT2D eigenvalue weighted by molar-refractivity contribution is -0.384. The average molecular weight is 370 g/mol. The molecule has 8 nitrogen and oxygen atoms in total. The van der Waals surface area contributed by atoms with Gasteiger partial charge in [-0.1, -0.05) is 0 Å². The number of pyridine rings is 1. The van der Waals surface area contributed by atoms with Crippen molar-refractivity contribution < 1.29 is 28.0 Å². The number of hydrogen-bond acceptors (Lipinski definition) is 6. The molecule has 0 aliphatic heterocycles. The maximum atomic E-state index is 12.6. The summed E-state index contributed by atoms with van der Waals surface area (Å²) in [5, 5.41) is 25.3. The Bertz CT molecular complexity index is 827. The van der Waals surface area contributed by atoms with E-state index in [0.717, 1.165) is 6.07 Å². The van der Waals surface area contributed by atoms with Crippen molar-refractivity contribution in [3.05, 3.63) is 52.2 Å². The van der Waals surface area contributed by atoms with Crippen molar-refractivity contribution in [3.8, 4) is 5.75 Å². The average Bonchev–Trinajstić information content (AvgIpc) is 2.56. The van der Waals surface area contributed by atoms with Gasteiger partial charge < -0.3 is 15.7 Å². The molecule has 26 heavy (non-hydrogen) atoms. The van der Waals surface area contributed by atoms with E-state index in [9.17, 15) is 33.2 Å². The summed E-state index contributed by atoms with van der Waals surface area (Å²) >= 11 is 0. The van der Waals surface area contributed by atoms with Crippen molar-refractivity contribution in [2.75, 3.05) is 17.2 Å². The van der Waals surface area contributed by atoms with Crippen LogP contribution in [0.1, 0.15) is 12.0 Å². The number of nitrogens with one attached hydrogen (secondary N) is 2. The molecule has 2 rings (SSSR count). The Hall–Kier alpha value is -3.37. The molecule has 3 N–H and O–H groups in total. The molecule has 0 saturated carbocycles. The van der Waals surface area contributed by atoms with Crippen molar-refractivity contribution in [2.45, 2.75) is 12.6 Å². The molecule has 1 heterocycles. The lowest BCUT2D eigenvalue weighted by Crippen LogP contribution is -2.17. The van der Waals surface area contributed by atoms with Crippen LogP contribution in [-0.4, -0.2) is 27.5 Å². The summed E-state index contributed by atoms with van der Waals surface area (Å²) < 4.78 is 37.9. The van der Waals surface area contributed by atoms with Crippen LogP contribution in [-0.2, 0) is 11.0 Å². The minimum Gasteiger partial charge on any atom is -0.504 e. The third kappa shape index (κ3) is 4.82. The Morgan fingerprint density at radius 1 is 1.31 bits per heavy atom. The molecule has 0 aliphatic rings. The van der Waals surface area contributed by atoms with Gasteiger partial charge in [0.2, 0.25) is 5.91 Å². The van der Waals surface area contributed by atoms with Crippen LogP contribution < -0.4 is 10.6 Å². The predicted molar refractivity (Wildman–Crippen MR) is 85.7 cm³/mol. The van der Waals surface area contributed by atoms with Crippen molar-refractivity contribution in [2.24, 2.45) is 0 Å². The van der Waals surface area contributed by atoms with E-state index >= 15 is 0 Å². The van der Waals surface area contributed by atoms with Crippen LogP contribution in [0.2, 0.25) is 0 Å². The number of anilines is 2. The fraction of sp³-hybridized carbons (Fsp3) is 0.200. The number of aromatic hydroxyl groups is 1. The highest BCUT2D eigenvalue weighted by atomic mass is 19.4. The molecule has 0 radical (unpaired) electrons. The van der Waals surface area contributed by atoms with E-state index in [1.807, 2.05) is 0 Å². The number of amides is 1. The molecule has 138 valence electrons. The fourth-order valence-corrected chi connectivity index (χ4v) is 2.01. The lowest BCUT2D eigenvalue weighted by atomic mass is 10.1. The van der Waals surface area contributed by atoms with Crippen LogP contribution >= 0.6 is 0 Å². The Morgan fingerprint density at radius 2 is 2.04 bits per heavy atom. The molecule has 0 unspecified atom stereocenters. The van der Waals surface area contributed by atoms with E-state index in [1.165, 1.54) is 18.3 Å². The number of halogens is 3. The smallest absolute Gasteiger partial charge is 0.416 e. The Kier molecular flexibility index (Phi) is 5.60. The third-order valence-corrected chi connectivity index (χ3v) is 3.23. The highest BCUT2D eigenvalue weighted by Crippen LogP contribution is 2.34. The molecule has 1 aromatic heterocycles. The van der Waals surface area contributed by atoms with Crippen LogP contribution in [0.5, 0.6) is 5.75 Å². The first-order chi connectivity index (χ1) is 12.2. The monoisotopic (exact) mass is 370 g/mol. The van der Waals surface area contributed by atoms with Crippen LogP contribution in [0.25, 0.3) is 0 Å². The maximum Gasteiger partial charge on any atom is 0.416 e. The van der Waals surface area contributed by atoms with Crippen LogP contribution in [0.4, 0.5) is 30.4 Å². The molecule has 2 aromatic rings. The van der Waals surface area contributed by atoms with Crippen molar-refractivity contribution in [1.82, 2.24) is 4.98 Å². The highest BCUT2D eigenvalue weighted by Gasteiger charge is 2.33. The largest absolute Gasteiger partial charge is 0.504 e. The van der Waals surface area contributed by atoms with Gasteiger partial charge in [0.25, 0.3) is 5.69 Å². The number of alkyl halides is 3. The van der Waals surface area contributed by atoms with Gasteiger partial charge in [-0.05, 0) is 24.3 Å². The Morgan fingerprint density at radius 3 is 2.65 bits per heavy atom. The first-order valence-electron chi connectivity index (χ1n) is 7.22. The van der Waals surface area contributed by atoms with E-state index in [2.05, 4.69) is 15.6 Å². The normalized spacial score (nSPS) is 11.0. The van der Waals surface area contributed by atoms with Crippen molar-refractivity contribution in [3.63, 3.8) is 0 Å². The summed E-state index contributed by atoms with van der Waals surface area (Å²) in [7, 11) is 0. The second-order valence-electron chi connectivity index (χ2n) is 5.08. The van der Waals surface area contributed by atoms with Gasteiger partial charge >= 0.3 is 6.18 Å². The van der Waals surface area contributed by atoms with Gasteiger partial charge in [0, 0.05) is 25.2 Å². The molecule has 0 saturated heterocycles. The van der Waals surface area contributed by atoms with Crippen LogP contribution in [0.3, 0.4) is 0 Å². The first-order valence-corrected chi connectivity index (χ1v) is 7.22. The number of hydrogen-bond donors (Lipinski definition) is 3. The van der Waals surface area contributed by atoms with Gasteiger partial charge in [0.15, 0.2) is 11.6 Å². The number of rotatable bonds is 6. The molecule has 0 aliphatic carbocycles. The van der Waals surface area contributed by atoms with E-state index < -0.39 is 28.3 Å². The van der Waals surface area contributed by atoms with Gasteiger partial charge in [0.1, 0.15) is 5.69 Å². The zero-order valence-corrected chi connectivity index (χ0v) is 13.1. The minimum absolute atomic E-state index is 0.0435. The second kappa shape index (κ2) is 7.68. The molecule has 11 heteroatoms. The van der Waals surface area contributed by atoms with E-state index in [0.29, 0.717) is 12.1 Å². The fourth-order valence-electron chi connectivity index (χ4n) is 2.01. The van der Waals surface area contributed by atoms with Gasteiger partial charge in [-0.3, -0.25) is 14.9 Å². The number of aromatic nitrogens is 1. The van der Waals surface area contributed by atoms with Crippen LogP contribution in [0, 0.1) is 10.1 Å². The molecule has 1 aromatic carbocycles. The van der Waals surface area contributed by atoms with E-state index in [1.54, 1.807) is 0 Å². The zero-order valence-electron chi connectivity index (χ0n) is 13.1. The summed E-state index contributed by atoms with van der Waals surface area (Å²) in [4.78, 5) is 25.5. The highest BCUT2D eigenvalue weighted by molar-refractivity contribution is 5.91. The van der Waals surface area contributed by atoms with Gasteiger partial charge in [-0.25, -0.2) is 4.98 Å². The number of nitro benzene ring substituents is 1. The summed E-state index contributed by atoms with van der Waals surface area (Å²) in [5.74, 6) is -0.814. The molecule has 0 fully saturated rings. The standard InChI is InChI=1S/C15H13F3N4O4/c16-15(17,18)9-3-4-10(11(8-9)22(25)26)19-7-5-13(24)21-14-12(23)2-1-6-20-14/h1-4,6,8,19,23H,5,7H2,(H,20,21,24). The first kappa shape index (κ1) is 19.0. The van der Waals surface area contributed by atoms with E-state index in [-0.39, 0.29) is 30.2 Å². The summed E-state index contributed by atoms with van der Waals surface area (Å²) in [6.07, 6.45) is -3.50. The minimum atomic E-state index is -4.70. The number of nitrogens with zero attached hydrogens (tertiary/aromatic N) is 2. The van der Waals surface area contributed by atoms with Crippen molar-refractivity contribution >= 4 is 23.1 Å². The summed E-state index contributed by atoms with van der Waals surface area (Å²) in [6.45, 7) is -0.0777. The van der Waals surface area contributed by atoms with Crippen LogP contribution in [0.15, 0.2) is 36.5 Å². The number of carbonyl (C=O) groups excluding carboxylic acids is 1. The zero-order chi connectivity index (χ0) is 19.3. The Labute approximate surface area is 144 Å². The molecular weight excluding hydrogens is 357 g/mol. The predicted octanol–water partition coefficient (Wildman–Crippen LogP) is 3.15. The molecule has 0 atom stereocenters. The maximum absolute atomic E-state index is 12.6. The number of carbonyl (C=O) groups is 1. The molecular formula is C15H13F3N4O4. The third-order valence-electron chi connectivity index (χ3n) is 3.23. The number of nitro groups is 1. The van der Waals surface area contributed by atoms with Gasteiger partial charge in [-0.15, -0.1) is 0 Å².